The van der Waals surface area contributed by atoms with Crippen molar-refractivity contribution in [2.24, 2.45) is 0 Å². The number of anilines is 1. The van der Waals surface area contributed by atoms with Gasteiger partial charge >= 0.3 is 0 Å². The Hall–Kier alpha value is -1.68. The van der Waals surface area contributed by atoms with Gasteiger partial charge in [0.05, 0.1) is 0 Å². The molecular weight excluding hydrogens is 280 g/mol. The summed E-state index contributed by atoms with van der Waals surface area (Å²) in [5.41, 5.74) is 2.56. The molecule has 3 nitrogen and oxygen atoms in total. The van der Waals surface area contributed by atoms with Crippen LogP contribution in [0.3, 0.4) is 0 Å². The smallest absolute Gasteiger partial charge is 0.255 e. The van der Waals surface area contributed by atoms with Gasteiger partial charge in [0.2, 0.25) is 0 Å². The summed E-state index contributed by atoms with van der Waals surface area (Å²) in [6, 6.07) is 11.1. The lowest BCUT2D eigenvalue weighted by Crippen LogP contribution is -2.11. The van der Waals surface area contributed by atoms with E-state index in [1.807, 2.05) is 24.3 Å². The highest BCUT2D eigenvalue weighted by molar-refractivity contribution is 9.08. The minimum absolute atomic E-state index is 0.126. The molecule has 2 aromatic rings. The molecule has 4 heteroatoms. The number of alkyl halides is 1. The predicted octanol–water partition coefficient (Wildman–Crippen LogP) is 3.23. The number of hydrogen-bond donors (Lipinski definition) is 1. The van der Waals surface area contributed by atoms with E-state index in [0.717, 1.165) is 11.0 Å². The Morgan fingerprint density at radius 2 is 1.76 bits per heavy atom. The van der Waals surface area contributed by atoms with Crippen molar-refractivity contribution >= 4 is 27.5 Å². The molecule has 0 saturated carbocycles. The average Bonchev–Trinajstić information content (AvgIpc) is 2.40. The maximum absolute atomic E-state index is 11.8. The summed E-state index contributed by atoms with van der Waals surface area (Å²) in [7, 11) is 0. The Morgan fingerprint density at radius 1 is 1.12 bits per heavy atom. The van der Waals surface area contributed by atoms with Gasteiger partial charge in [-0.15, -0.1) is 0 Å². The Morgan fingerprint density at radius 3 is 2.35 bits per heavy atom. The lowest BCUT2D eigenvalue weighted by atomic mass is 10.2. The fraction of sp³-hybridized carbons (Fsp3) is 0.0769. The molecule has 2 rings (SSSR count). The second-order valence-corrected chi connectivity index (χ2v) is 4.08. The molecular formula is C13H11BrN2O. The van der Waals surface area contributed by atoms with E-state index in [1.165, 1.54) is 5.56 Å². The summed E-state index contributed by atoms with van der Waals surface area (Å²) in [5.74, 6) is -0.126. The van der Waals surface area contributed by atoms with Crippen LogP contribution in [-0.2, 0) is 5.33 Å². The quantitative estimate of drug-likeness (QED) is 0.882. The van der Waals surface area contributed by atoms with Gasteiger partial charge in [-0.2, -0.15) is 0 Å². The number of aromatic nitrogens is 1. The number of amides is 1. The maximum atomic E-state index is 11.8. The molecule has 1 aromatic carbocycles. The van der Waals surface area contributed by atoms with Gasteiger partial charge in [0.15, 0.2) is 0 Å². The molecule has 17 heavy (non-hydrogen) atoms. The third kappa shape index (κ3) is 3.14. The first-order chi connectivity index (χ1) is 8.29. The Kier molecular flexibility index (Phi) is 3.88. The van der Waals surface area contributed by atoms with Gasteiger partial charge in [-0.05, 0) is 29.8 Å². The highest BCUT2D eigenvalue weighted by Crippen LogP contribution is 2.12. The Labute approximate surface area is 108 Å². The van der Waals surface area contributed by atoms with E-state index in [-0.39, 0.29) is 5.91 Å². The van der Waals surface area contributed by atoms with Gasteiger partial charge in [0.1, 0.15) is 0 Å². The molecule has 0 aliphatic rings. The molecule has 0 aliphatic heterocycles. The van der Waals surface area contributed by atoms with Gasteiger partial charge in [-0.25, -0.2) is 0 Å². The summed E-state index contributed by atoms with van der Waals surface area (Å²) < 4.78 is 0. The molecule has 0 bridgehead atoms. The minimum atomic E-state index is -0.126. The van der Waals surface area contributed by atoms with E-state index in [1.54, 1.807) is 24.5 Å². The van der Waals surface area contributed by atoms with Gasteiger partial charge in [0.25, 0.3) is 5.91 Å². The number of pyridine rings is 1. The normalized spacial score (nSPS) is 9.94. The second kappa shape index (κ2) is 5.59. The molecule has 0 saturated heterocycles. The van der Waals surface area contributed by atoms with Crippen molar-refractivity contribution in [2.75, 3.05) is 5.32 Å². The van der Waals surface area contributed by atoms with Crippen molar-refractivity contribution in [1.82, 2.24) is 4.98 Å². The van der Waals surface area contributed by atoms with Crippen LogP contribution in [0.15, 0.2) is 48.8 Å². The summed E-state index contributed by atoms with van der Waals surface area (Å²) in [5, 5.41) is 3.64. The standard InChI is InChI=1S/C13H11BrN2O/c14-9-10-1-3-12(4-2-10)16-13(17)11-5-7-15-8-6-11/h1-8H,9H2,(H,16,17). The lowest BCUT2D eigenvalue weighted by molar-refractivity contribution is 0.102. The lowest BCUT2D eigenvalue weighted by Gasteiger charge is -2.05. The van der Waals surface area contributed by atoms with Crippen molar-refractivity contribution in [3.05, 3.63) is 59.9 Å². The van der Waals surface area contributed by atoms with Crippen LogP contribution in [0, 0.1) is 0 Å². The average molecular weight is 291 g/mol. The number of nitrogens with zero attached hydrogens (tertiary/aromatic N) is 1. The summed E-state index contributed by atoms with van der Waals surface area (Å²) in [6.45, 7) is 0. The monoisotopic (exact) mass is 290 g/mol. The number of halogens is 1. The van der Waals surface area contributed by atoms with E-state index in [2.05, 4.69) is 26.2 Å². The fourth-order valence-corrected chi connectivity index (χ4v) is 1.76. The largest absolute Gasteiger partial charge is 0.322 e. The zero-order valence-corrected chi connectivity index (χ0v) is 10.6. The minimum Gasteiger partial charge on any atom is -0.322 e. The van der Waals surface area contributed by atoms with Crippen LogP contribution in [0.4, 0.5) is 5.69 Å². The number of nitrogens with one attached hydrogen (secondary N) is 1. The molecule has 0 spiro atoms. The first-order valence-corrected chi connectivity index (χ1v) is 6.28. The van der Waals surface area contributed by atoms with Crippen LogP contribution >= 0.6 is 15.9 Å². The van der Waals surface area contributed by atoms with E-state index in [4.69, 9.17) is 0 Å². The van der Waals surface area contributed by atoms with E-state index in [0.29, 0.717) is 5.56 Å². The zero-order valence-electron chi connectivity index (χ0n) is 9.06. The molecule has 0 aliphatic carbocycles. The van der Waals surface area contributed by atoms with Crippen LogP contribution in [-0.4, -0.2) is 10.9 Å². The molecule has 1 N–H and O–H groups in total. The number of carbonyl (C=O) groups excluding carboxylic acids is 1. The van der Waals surface area contributed by atoms with E-state index in [9.17, 15) is 4.79 Å². The van der Waals surface area contributed by atoms with Gasteiger partial charge in [0, 0.05) is 29.0 Å². The zero-order chi connectivity index (χ0) is 12.1. The molecule has 1 amide bonds. The van der Waals surface area contributed by atoms with Crippen LogP contribution in [0.25, 0.3) is 0 Å². The van der Waals surface area contributed by atoms with E-state index >= 15 is 0 Å². The topological polar surface area (TPSA) is 42.0 Å². The molecule has 86 valence electrons. The number of carbonyl (C=O) groups is 1. The molecule has 1 aromatic heterocycles. The van der Waals surface area contributed by atoms with Crippen molar-refractivity contribution in [3.8, 4) is 0 Å². The Bertz CT molecular complexity index is 497. The second-order valence-electron chi connectivity index (χ2n) is 3.52. The summed E-state index contributed by atoms with van der Waals surface area (Å²) >= 11 is 3.38. The van der Waals surface area contributed by atoms with Crippen molar-refractivity contribution in [3.63, 3.8) is 0 Å². The fourth-order valence-electron chi connectivity index (χ4n) is 1.38. The predicted molar refractivity (Wildman–Crippen MR) is 71.3 cm³/mol. The van der Waals surface area contributed by atoms with Gasteiger partial charge in [-0.3, -0.25) is 9.78 Å². The number of hydrogen-bond acceptors (Lipinski definition) is 2. The molecule has 0 fully saturated rings. The summed E-state index contributed by atoms with van der Waals surface area (Å²) in [4.78, 5) is 15.7. The molecule has 0 atom stereocenters. The molecule has 0 unspecified atom stereocenters. The van der Waals surface area contributed by atoms with Crippen molar-refractivity contribution < 1.29 is 4.79 Å². The summed E-state index contributed by atoms with van der Waals surface area (Å²) in [6.07, 6.45) is 3.20. The van der Waals surface area contributed by atoms with Crippen molar-refractivity contribution in [2.45, 2.75) is 5.33 Å². The number of benzene rings is 1. The van der Waals surface area contributed by atoms with Crippen LogP contribution in [0.5, 0.6) is 0 Å². The van der Waals surface area contributed by atoms with Crippen LogP contribution < -0.4 is 5.32 Å². The third-order valence-corrected chi connectivity index (χ3v) is 2.96. The van der Waals surface area contributed by atoms with Crippen LogP contribution in [0.1, 0.15) is 15.9 Å². The molecule has 0 radical (unpaired) electrons. The first kappa shape index (κ1) is 11.8. The van der Waals surface area contributed by atoms with Crippen LogP contribution in [0.2, 0.25) is 0 Å². The van der Waals surface area contributed by atoms with Crippen molar-refractivity contribution in [1.29, 1.82) is 0 Å². The Balaban J connectivity index is 2.08. The first-order valence-electron chi connectivity index (χ1n) is 5.16. The SMILES string of the molecule is O=C(Nc1ccc(CBr)cc1)c1ccncc1. The highest BCUT2D eigenvalue weighted by Gasteiger charge is 2.04. The number of rotatable bonds is 3. The van der Waals surface area contributed by atoms with E-state index < -0.39 is 0 Å². The van der Waals surface area contributed by atoms with Gasteiger partial charge < -0.3 is 5.32 Å². The highest BCUT2D eigenvalue weighted by atomic mass is 79.9. The van der Waals surface area contributed by atoms with Gasteiger partial charge in [-0.1, -0.05) is 28.1 Å². The third-order valence-electron chi connectivity index (χ3n) is 2.31. The maximum Gasteiger partial charge on any atom is 0.255 e. The molecule has 1 heterocycles.